The van der Waals surface area contributed by atoms with Crippen LogP contribution in [0.3, 0.4) is 0 Å². The van der Waals surface area contributed by atoms with Crippen molar-refractivity contribution in [3.05, 3.63) is 23.8 Å². The molecule has 2 rings (SSSR count). The summed E-state index contributed by atoms with van der Waals surface area (Å²) in [4.78, 5) is 6.78. The Morgan fingerprint density at radius 3 is 2.85 bits per heavy atom. The van der Waals surface area contributed by atoms with Gasteiger partial charge in [-0.15, -0.1) is 0 Å². The first kappa shape index (κ1) is 20.2. The minimum absolute atomic E-state index is 0.0811. The average Bonchev–Trinajstić information content (AvgIpc) is 3.07. The van der Waals surface area contributed by atoms with Gasteiger partial charge in [-0.1, -0.05) is 0 Å². The Kier molecular flexibility index (Phi) is 7.90. The molecule has 0 amide bonds. The van der Waals surface area contributed by atoms with Gasteiger partial charge in [0.2, 0.25) is 0 Å². The van der Waals surface area contributed by atoms with Gasteiger partial charge in [-0.05, 0) is 25.5 Å². The Labute approximate surface area is 153 Å². The number of hydrogen-bond donors (Lipinski definition) is 1. The quantitative estimate of drug-likeness (QED) is 0.563. The molecule has 1 aromatic rings. The molecular formula is C18H27F2N3O3. The number of likely N-dealkylation sites (tertiary alicyclic amines) is 1. The van der Waals surface area contributed by atoms with E-state index in [0.717, 1.165) is 38.6 Å². The highest BCUT2D eigenvalue weighted by atomic mass is 19.3. The number of halogens is 2. The lowest BCUT2D eigenvalue weighted by Gasteiger charge is -2.22. The van der Waals surface area contributed by atoms with E-state index in [2.05, 4.69) is 19.9 Å². The van der Waals surface area contributed by atoms with Crippen molar-refractivity contribution in [2.24, 2.45) is 10.9 Å². The van der Waals surface area contributed by atoms with E-state index in [1.54, 1.807) is 19.2 Å². The van der Waals surface area contributed by atoms with Gasteiger partial charge in [-0.2, -0.15) is 8.78 Å². The molecule has 1 atom stereocenters. The zero-order valence-corrected chi connectivity index (χ0v) is 15.5. The summed E-state index contributed by atoms with van der Waals surface area (Å²) in [7, 11) is 3.18. The maximum atomic E-state index is 12.7. The highest BCUT2D eigenvalue weighted by Crippen LogP contribution is 2.27. The minimum atomic E-state index is -2.90. The smallest absolute Gasteiger partial charge is 0.387 e. The first-order valence-corrected chi connectivity index (χ1v) is 8.71. The van der Waals surface area contributed by atoms with Crippen molar-refractivity contribution in [3.8, 4) is 11.5 Å². The fourth-order valence-corrected chi connectivity index (χ4v) is 2.98. The van der Waals surface area contributed by atoms with Crippen LogP contribution in [0.2, 0.25) is 0 Å². The number of benzene rings is 1. The molecule has 1 aromatic carbocycles. The van der Waals surface area contributed by atoms with Gasteiger partial charge in [0.25, 0.3) is 0 Å². The summed E-state index contributed by atoms with van der Waals surface area (Å²) in [6.45, 7) is 2.54. The Bertz CT molecular complexity index is 599. The topological polar surface area (TPSA) is 55.3 Å². The molecule has 8 heteroatoms. The molecule has 1 fully saturated rings. The van der Waals surface area contributed by atoms with Crippen molar-refractivity contribution in [2.45, 2.75) is 26.5 Å². The molecule has 1 unspecified atom stereocenters. The third-order valence-electron chi connectivity index (χ3n) is 4.21. The number of rotatable bonds is 8. The Balaban J connectivity index is 2.13. The van der Waals surface area contributed by atoms with Gasteiger partial charge >= 0.3 is 6.61 Å². The van der Waals surface area contributed by atoms with Crippen molar-refractivity contribution >= 4 is 5.96 Å². The van der Waals surface area contributed by atoms with Crippen molar-refractivity contribution < 1.29 is 23.0 Å². The first-order chi connectivity index (χ1) is 12.6. The Morgan fingerprint density at radius 2 is 2.19 bits per heavy atom. The maximum Gasteiger partial charge on any atom is 0.387 e. The second-order valence-electron chi connectivity index (χ2n) is 6.08. The maximum absolute atomic E-state index is 12.7. The van der Waals surface area contributed by atoms with E-state index in [1.807, 2.05) is 6.92 Å². The summed E-state index contributed by atoms with van der Waals surface area (Å²) >= 11 is 0. The largest absolute Gasteiger partial charge is 0.497 e. The van der Waals surface area contributed by atoms with Gasteiger partial charge in [0.15, 0.2) is 5.96 Å². The predicted octanol–water partition coefficient (Wildman–Crippen LogP) is 2.73. The number of ether oxygens (including phenoxy) is 3. The molecule has 146 valence electrons. The van der Waals surface area contributed by atoms with Crippen LogP contribution in [0, 0.1) is 5.92 Å². The van der Waals surface area contributed by atoms with Crippen molar-refractivity contribution in [1.29, 1.82) is 0 Å². The normalized spacial score (nSPS) is 17.7. The van der Waals surface area contributed by atoms with E-state index in [1.165, 1.54) is 13.2 Å². The van der Waals surface area contributed by atoms with E-state index < -0.39 is 6.61 Å². The van der Waals surface area contributed by atoms with Gasteiger partial charge in [0, 0.05) is 44.3 Å². The molecule has 26 heavy (non-hydrogen) atoms. The van der Waals surface area contributed by atoms with Crippen LogP contribution >= 0.6 is 0 Å². The fraction of sp³-hybridized carbons (Fsp3) is 0.611. The SMILES string of the molecule is CCNC(=NCc1ccc(OC)cc1OC(F)F)N1CCC(COC)C1. The molecule has 0 radical (unpaired) electrons. The van der Waals surface area contributed by atoms with E-state index in [0.29, 0.717) is 17.2 Å². The summed E-state index contributed by atoms with van der Waals surface area (Å²) in [5.74, 6) is 1.78. The predicted molar refractivity (Wildman–Crippen MR) is 96.0 cm³/mol. The molecule has 0 spiro atoms. The van der Waals surface area contributed by atoms with Crippen LogP contribution in [-0.4, -0.2) is 57.9 Å². The summed E-state index contributed by atoms with van der Waals surface area (Å²) in [5, 5.41) is 3.26. The second kappa shape index (κ2) is 10.2. The molecule has 6 nitrogen and oxygen atoms in total. The number of methoxy groups -OCH3 is 2. The molecule has 0 saturated carbocycles. The second-order valence-corrected chi connectivity index (χ2v) is 6.08. The molecule has 0 aliphatic carbocycles. The van der Waals surface area contributed by atoms with Crippen molar-refractivity contribution in [2.75, 3.05) is 40.5 Å². The lowest BCUT2D eigenvalue weighted by atomic mass is 10.1. The van der Waals surface area contributed by atoms with E-state index in [-0.39, 0.29) is 12.3 Å². The lowest BCUT2D eigenvalue weighted by Crippen LogP contribution is -2.40. The molecule has 1 saturated heterocycles. The Morgan fingerprint density at radius 1 is 1.38 bits per heavy atom. The zero-order chi connectivity index (χ0) is 18.9. The van der Waals surface area contributed by atoms with Crippen LogP contribution in [0.25, 0.3) is 0 Å². The van der Waals surface area contributed by atoms with Gasteiger partial charge in [-0.3, -0.25) is 0 Å². The Hall–Kier alpha value is -2.09. The molecule has 1 N–H and O–H groups in total. The van der Waals surface area contributed by atoms with Crippen LogP contribution < -0.4 is 14.8 Å². The average molecular weight is 371 g/mol. The standard InChI is InChI=1S/C18H27F2N3O3/c1-4-21-18(23-8-7-13(11-23)12-24-2)22-10-14-5-6-15(25-3)9-16(14)26-17(19)20/h5-6,9,13,17H,4,7-8,10-12H2,1-3H3,(H,21,22). The van der Waals surface area contributed by atoms with E-state index in [9.17, 15) is 8.78 Å². The molecule has 1 heterocycles. The summed E-state index contributed by atoms with van der Waals surface area (Å²) in [6, 6.07) is 4.86. The van der Waals surface area contributed by atoms with Gasteiger partial charge < -0.3 is 24.4 Å². The van der Waals surface area contributed by atoms with Crippen LogP contribution in [0.1, 0.15) is 18.9 Å². The molecular weight excluding hydrogens is 344 g/mol. The van der Waals surface area contributed by atoms with Crippen LogP contribution in [0.15, 0.2) is 23.2 Å². The first-order valence-electron chi connectivity index (χ1n) is 8.71. The molecule has 0 aromatic heterocycles. The van der Waals surface area contributed by atoms with Gasteiger partial charge in [-0.25, -0.2) is 4.99 Å². The van der Waals surface area contributed by atoms with Gasteiger partial charge in [0.05, 0.1) is 20.3 Å². The number of nitrogens with one attached hydrogen (secondary N) is 1. The molecule has 0 bridgehead atoms. The van der Waals surface area contributed by atoms with Crippen LogP contribution in [0.4, 0.5) is 8.78 Å². The molecule has 1 aliphatic heterocycles. The zero-order valence-electron chi connectivity index (χ0n) is 15.5. The summed E-state index contributed by atoms with van der Waals surface area (Å²) in [5.41, 5.74) is 0.578. The monoisotopic (exact) mass is 371 g/mol. The number of guanidine groups is 1. The lowest BCUT2D eigenvalue weighted by molar-refractivity contribution is -0.0505. The summed E-state index contributed by atoms with van der Waals surface area (Å²) in [6.07, 6.45) is 1.04. The van der Waals surface area contributed by atoms with Crippen molar-refractivity contribution in [1.82, 2.24) is 10.2 Å². The van der Waals surface area contributed by atoms with Crippen LogP contribution in [0.5, 0.6) is 11.5 Å². The van der Waals surface area contributed by atoms with Crippen molar-refractivity contribution in [3.63, 3.8) is 0 Å². The minimum Gasteiger partial charge on any atom is -0.497 e. The highest BCUT2D eigenvalue weighted by Gasteiger charge is 2.24. The highest BCUT2D eigenvalue weighted by molar-refractivity contribution is 5.80. The third kappa shape index (κ3) is 5.72. The fourth-order valence-electron chi connectivity index (χ4n) is 2.98. The molecule has 1 aliphatic rings. The van der Waals surface area contributed by atoms with Crippen LogP contribution in [-0.2, 0) is 11.3 Å². The number of nitrogens with zero attached hydrogens (tertiary/aromatic N) is 2. The number of hydrogen-bond acceptors (Lipinski definition) is 4. The number of alkyl halides is 2. The van der Waals surface area contributed by atoms with Gasteiger partial charge in [0.1, 0.15) is 11.5 Å². The third-order valence-corrected chi connectivity index (χ3v) is 4.21. The van der Waals surface area contributed by atoms with E-state index in [4.69, 9.17) is 9.47 Å². The van der Waals surface area contributed by atoms with E-state index >= 15 is 0 Å². The number of aliphatic imine (C=N–C) groups is 1. The summed E-state index contributed by atoms with van der Waals surface area (Å²) < 4.78 is 40.3.